The Kier molecular flexibility index (Phi) is 4.80. The van der Waals surface area contributed by atoms with Crippen molar-refractivity contribution in [3.05, 3.63) is 54.1 Å². The standard InChI is InChI=1S/C16H15N3S/c1-12-5-3-6-13(9-12)14-7-4-8-15(10-14)19-16(20-2)18-11-17/h3-10H,1-2H3,(H,18,19). The molecule has 1 N–H and O–H groups in total. The molecule has 0 aromatic heterocycles. The molecule has 0 fully saturated rings. The van der Waals surface area contributed by atoms with Gasteiger partial charge in [-0.3, -0.25) is 5.32 Å². The second-order valence-corrected chi connectivity index (χ2v) is 5.07. The quantitative estimate of drug-likeness (QED) is 0.390. The van der Waals surface area contributed by atoms with Gasteiger partial charge in [0.15, 0.2) is 11.4 Å². The Morgan fingerprint density at radius 3 is 2.50 bits per heavy atom. The summed E-state index contributed by atoms with van der Waals surface area (Å²) in [6.07, 6.45) is 3.77. The highest BCUT2D eigenvalue weighted by atomic mass is 32.2. The summed E-state index contributed by atoms with van der Waals surface area (Å²) < 4.78 is 0. The van der Waals surface area contributed by atoms with E-state index in [-0.39, 0.29) is 0 Å². The Morgan fingerprint density at radius 1 is 1.15 bits per heavy atom. The van der Waals surface area contributed by atoms with E-state index in [9.17, 15) is 0 Å². The van der Waals surface area contributed by atoms with Gasteiger partial charge in [-0.05, 0) is 36.4 Å². The van der Waals surface area contributed by atoms with Gasteiger partial charge in [0.2, 0.25) is 0 Å². The number of amidine groups is 1. The second kappa shape index (κ2) is 6.78. The van der Waals surface area contributed by atoms with Crippen molar-refractivity contribution in [1.82, 2.24) is 5.32 Å². The number of aliphatic imine (C=N–C) groups is 1. The van der Waals surface area contributed by atoms with Crippen LogP contribution in [0.15, 0.2) is 53.5 Å². The fraction of sp³-hybridized carbons (Fsp3) is 0.125. The first kappa shape index (κ1) is 14.2. The molecule has 0 saturated heterocycles. The minimum Gasteiger partial charge on any atom is -0.271 e. The SMILES string of the molecule is CSC(=Nc1cccc(-c2cccc(C)c2)c1)NC#N. The molecule has 3 nitrogen and oxygen atoms in total. The van der Waals surface area contributed by atoms with E-state index >= 15 is 0 Å². The summed E-state index contributed by atoms with van der Waals surface area (Å²) in [7, 11) is 0. The Morgan fingerprint density at radius 2 is 1.85 bits per heavy atom. The number of nitrogens with zero attached hydrogens (tertiary/aromatic N) is 2. The largest absolute Gasteiger partial charge is 0.271 e. The minimum absolute atomic E-state index is 0.592. The molecular formula is C16H15N3S. The van der Waals surface area contributed by atoms with Crippen LogP contribution in [0.2, 0.25) is 0 Å². The fourth-order valence-electron chi connectivity index (χ4n) is 1.87. The lowest BCUT2D eigenvalue weighted by molar-refractivity contribution is 1.28. The van der Waals surface area contributed by atoms with Gasteiger partial charge in [0.1, 0.15) is 0 Å². The third-order valence-corrected chi connectivity index (χ3v) is 3.36. The van der Waals surface area contributed by atoms with Gasteiger partial charge in [-0.1, -0.05) is 53.7 Å². The molecule has 100 valence electrons. The molecule has 0 aliphatic carbocycles. The van der Waals surface area contributed by atoms with Crippen molar-refractivity contribution in [2.75, 3.05) is 6.26 Å². The number of nitriles is 1. The number of hydrogen-bond acceptors (Lipinski definition) is 3. The van der Waals surface area contributed by atoms with Crippen LogP contribution in [0.3, 0.4) is 0 Å². The lowest BCUT2D eigenvalue weighted by Crippen LogP contribution is -2.12. The van der Waals surface area contributed by atoms with Crippen LogP contribution >= 0.6 is 11.8 Å². The summed E-state index contributed by atoms with van der Waals surface area (Å²) in [4.78, 5) is 4.42. The van der Waals surface area contributed by atoms with E-state index in [1.807, 2.05) is 36.7 Å². The van der Waals surface area contributed by atoms with Crippen LogP contribution in [0.5, 0.6) is 0 Å². The molecule has 0 atom stereocenters. The van der Waals surface area contributed by atoms with Gasteiger partial charge in [-0.25, -0.2) is 4.99 Å². The van der Waals surface area contributed by atoms with Crippen LogP contribution in [0.1, 0.15) is 5.56 Å². The highest BCUT2D eigenvalue weighted by Gasteiger charge is 2.01. The number of aryl methyl sites for hydroxylation is 1. The third-order valence-electron chi connectivity index (χ3n) is 2.78. The fourth-order valence-corrected chi connectivity index (χ4v) is 2.21. The van der Waals surface area contributed by atoms with E-state index in [1.165, 1.54) is 22.9 Å². The van der Waals surface area contributed by atoms with E-state index in [2.05, 4.69) is 41.5 Å². The molecule has 2 aromatic carbocycles. The van der Waals surface area contributed by atoms with E-state index in [0.29, 0.717) is 5.17 Å². The molecule has 0 amide bonds. The summed E-state index contributed by atoms with van der Waals surface area (Å²) in [5.74, 6) is 0. The minimum atomic E-state index is 0.592. The molecule has 0 heterocycles. The first-order chi connectivity index (χ1) is 9.72. The molecule has 0 aliphatic rings. The van der Waals surface area contributed by atoms with Crippen molar-refractivity contribution in [3.63, 3.8) is 0 Å². The zero-order valence-electron chi connectivity index (χ0n) is 11.4. The number of thioether (sulfide) groups is 1. The maximum absolute atomic E-state index is 8.65. The van der Waals surface area contributed by atoms with Crippen LogP contribution < -0.4 is 5.32 Å². The first-order valence-electron chi connectivity index (χ1n) is 6.18. The van der Waals surface area contributed by atoms with Crippen LogP contribution in [0.4, 0.5) is 5.69 Å². The van der Waals surface area contributed by atoms with E-state index < -0.39 is 0 Å². The van der Waals surface area contributed by atoms with E-state index in [0.717, 1.165) is 11.3 Å². The van der Waals surface area contributed by atoms with Gasteiger partial charge >= 0.3 is 0 Å². The maximum atomic E-state index is 8.65. The Balaban J connectivity index is 2.36. The van der Waals surface area contributed by atoms with Crippen molar-refractivity contribution in [3.8, 4) is 17.3 Å². The van der Waals surface area contributed by atoms with Gasteiger partial charge in [0.05, 0.1) is 5.69 Å². The average molecular weight is 281 g/mol. The van der Waals surface area contributed by atoms with Crippen molar-refractivity contribution in [1.29, 1.82) is 5.26 Å². The molecule has 0 saturated carbocycles. The topological polar surface area (TPSA) is 48.2 Å². The Hall–Kier alpha value is -2.25. The predicted octanol–water partition coefficient (Wildman–Crippen LogP) is 4.08. The zero-order valence-corrected chi connectivity index (χ0v) is 12.2. The van der Waals surface area contributed by atoms with Crippen molar-refractivity contribution in [2.24, 2.45) is 4.99 Å². The smallest absolute Gasteiger partial charge is 0.183 e. The second-order valence-electron chi connectivity index (χ2n) is 4.28. The van der Waals surface area contributed by atoms with Gasteiger partial charge in [-0.15, -0.1) is 0 Å². The van der Waals surface area contributed by atoms with Crippen LogP contribution in [-0.4, -0.2) is 11.4 Å². The molecule has 0 unspecified atom stereocenters. The van der Waals surface area contributed by atoms with Gasteiger partial charge in [0.25, 0.3) is 0 Å². The molecule has 0 aliphatic heterocycles. The summed E-state index contributed by atoms with van der Waals surface area (Å²) in [6, 6.07) is 16.3. The van der Waals surface area contributed by atoms with Crippen LogP contribution in [-0.2, 0) is 0 Å². The van der Waals surface area contributed by atoms with E-state index in [4.69, 9.17) is 5.26 Å². The lowest BCUT2D eigenvalue weighted by Gasteiger charge is -2.05. The first-order valence-corrected chi connectivity index (χ1v) is 7.40. The third kappa shape index (κ3) is 3.62. The predicted molar refractivity (Wildman–Crippen MR) is 86.0 cm³/mol. The molecular weight excluding hydrogens is 266 g/mol. The molecule has 4 heteroatoms. The molecule has 2 rings (SSSR count). The van der Waals surface area contributed by atoms with Crippen LogP contribution in [0, 0.1) is 18.4 Å². The number of rotatable bonds is 2. The zero-order chi connectivity index (χ0) is 14.4. The normalized spacial score (nSPS) is 10.9. The van der Waals surface area contributed by atoms with Crippen molar-refractivity contribution >= 4 is 22.6 Å². The molecule has 20 heavy (non-hydrogen) atoms. The monoisotopic (exact) mass is 281 g/mol. The van der Waals surface area contributed by atoms with Gasteiger partial charge < -0.3 is 0 Å². The number of benzene rings is 2. The summed E-state index contributed by atoms with van der Waals surface area (Å²) >= 11 is 1.41. The maximum Gasteiger partial charge on any atom is 0.183 e. The Labute approximate surface area is 123 Å². The molecule has 2 aromatic rings. The lowest BCUT2D eigenvalue weighted by atomic mass is 10.0. The Bertz CT molecular complexity index is 671. The number of nitrogens with one attached hydrogen (secondary N) is 1. The van der Waals surface area contributed by atoms with Crippen molar-refractivity contribution in [2.45, 2.75) is 6.92 Å². The number of hydrogen-bond donors (Lipinski definition) is 1. The highest BCUT2D eigenvalue weighted by Crippen LogP contribution is 2.25. The summed E-state index contributed by atoms with van der Waals surface area (Å²) in [5.41, 5.74) is 4.34. The van der Waals surface area contributed by atoms with Gasteiger partial charge in [0, 0.05) is 0 Å². The average Bonchev–Trinajstić information content (AvgIpc) is 2.47. The van der Waals surface area contributed by atoms with Gasteiger partial charge in [-0.2, -0.15) is 5.26 Å². The molecule has 0 spiro atoms. The van der Waals surface area contributed by atoms with Crippen molar-refractivity contribution < 1.29 is 0 Å². The summed E-state index contributed by atoms with van der Waals surface area (Å²) in [6.45, 7) is 2.08. The van der Waals surface area contributed by atoms with E-state index in [1.54, 1.807) is 0 Å². The summed E-state index contributed by atoms with van der Waals surface area (Å²) in [5, 5.41) is 11.8. The molecule has 0 radical (unpaired) electrons. The molecule has 0 bridgehead atoms. The highest BCUT2D eigenvalue weighted by molar-refractivity contribution is 8.13. The van der Waals surface area contributed by atoms with Crippen LogP contribution in [0.25, 0.3) is 11.1 Å².